The largest absolute Gasteiger partial charge is 0.497 e. The van der Waals surface area contributed by atoms with Crippen molar-refractivity contribution in [1.82, 2.24) is 4.90 Å². The van der Waals surface area contributed by atoms with Crippen LogP contribution in [0.15, 0.2) is 42.5 Å². The molecule has 2 aromatic carbocycles. The summed E-state index contributed by atoms with van der Waals surface area (Å²) in [6.07, 6.45) is -4.34. The summed E-state index contributed by atoms with van der Waals surface area (Å²) in [5.74, 6) is -0.308. The second-order valence-corrected chi connectivity index (χ2v) is 8.19. The molecule has 0 bridgehead atoms. The van der Waals surface area contributed by atoms with E-state index in [4.69, 9.17) is 4.74 Å². The van der Waals surface area contributed by atoms with E-state index >= 15 is 0 Å². The highest BCUT2D eigenvalue weighted by Gasteiger charge is 2.41. The molecule has 2 atom stereocenters. The molecule has 0 radical (unpaired) electrons. The third-order valence-electron chi connectivity index (χ3n) is 6.51. The van der Waals surface area contributed by atoms with Gasteiger partial charge in [-0.1, -0.05) is 39.0 Å². The van der Waals surface area contributed by atoms with Crippen LogP contribution in [-0.4, -0.2) is 44.1 Å². The third-order valence-corrected chi connectivity index (χ3v) is 6.51. The van der Waals surface area contributed by atoms with Crippen molar-refractivity contribution in [3.63, 3.8) is 0 Å². The van der Waals surface area contributed by atoms with Gasteiger partial charge < -0.3 is 14.5 Å². The molecule has 0 saturated heterocycles. The third kappa shape index (κ3) is 4.93. The zero-order valence-electron chi connectivity index (χ0n) is 19.1. The molecule has 0 aliphatic carbocycles. The molecule has 3 rings (SSSR count). The van der Waals surface area contributed by atoms with Crippen molar-refractivity contribution in [3.05, 3.63) is 59.2 Å². The monoisotopic (exact) mass is 448 g/mol. The summed E-state index contributed by atoms with van der Waals surface area (Å²) in [7, 11) is 1.56. The number of benzene rings is 2. The zero-order chi connectivity index (χ0) is 23.5. The number of hydrogen-bond donors (Lipinski definition) is 0. The van der Waals surface area contributed by atoms with E-state index in [0.717, 1.165) is 24.7 Å². The molecule has 1 heterocycles. The van der Waals surface area contributed by atoms with Gasteiger partial charge in [0.05, 0.1) is 12.7 Å². The number of methoxy groups -OCH3 is 1. The highest BCUT2D eigenvalue weighted by molar-refractivity contribution is 5.97. The summed E-state index contributed by atoms with van der Waals surface area (Å²) in [6.45, 7) is 8.48. The van der Waals surface area contributed by atoms with Crippen LogP contribution < -0.4 is 9.64 Å². The van der Waals surface area contributed by atoms with Crippen molar-refractivity contribution in [2.24, 2.45) is 5.92 Å². The van der Waals surface area contributed by atoms with E-state index in [1.165, 1.54) is 6.07 Å². The molecule has 174 valence electrons. The molecular formula is C25H31F3N2O2. The molecule has 32 heavy (non-hydrogen) atoms. The van der Waals surface area contributed by atoms with Crippen LogP contribution in [0, 0.1) is 5.92 Å². The first-order valence-electron chi connectivity index (χ1n) is 11.1. The van der Waals surface area contributed by atoms with Crippen molar-refractivity contribution in [3.8, 4) is 5.75 Å². The molecule has 1 aliphatic rings. The number of carbonyl (C=O) groups excluding carboxylic acids is 1. The van der Waals surface area contributed by atoms with E-state index in [0.29, 0.717) is 24.5 Å². The minimum absolute atomic E-state index is 0.143. The Labute approximate surface area is 188 Å². The Morgan fingerprint density at radius 1 is 1.09 bits per heavy atom. The minimum atomic E-state index is -4.49. The van der Waals surface area contributed by atoms with E-state index in [9.17, 15) is 18.0 Å². The summed E-state index contributed by atoms with van der Waals surface area (Å²) in [5.41, 5.74) is 0.737. The van der Waals surface area contributed by atoms with Crippen LogP contribution in [0.25, 0.3) is 0 Å². The molecule has 0 saturated carbocycles. The first-order chi connectivity index (χ1) is 15.2. The van der Waals surface area contributed by atoms with E-state index in [2.05, 4.69) is 4.90 Å². The molecule has 4 nitrogen and oxygen atoms in total. The van der Waals surface area contributed by atoms with Crippen LogP contribution >= 0.6 is 0 Å². The quantitative estimate of drug-likeness (QED) is 0.571. The Kier molecular flexibility index (Phi) is 7.49. The van der Waals surface area contributed by atoms with E-state index in [-0.39, 0.29) is 23.8 Å². The van der Waals surface area contributed by atoms with Crippen molar-refractivity contribution >= 4 is 11.6 Å². The van der Waals surface area contributed by atoms with Gasteiger partial charge in [-0.25, -0.2) is 0 Å². The van der Waals surface area contributed by atoms with Gasteiger partial charge in [-0.05, 0) is 60.8 Å². The Bertz CT molecular complexity index is 924. The highest BCUT2D eigenvalue weighted by Crippen LogP contribution is 2.43. The lowest BCUT2D eigenvalue weighted by atomic mass is 9.82. The molecule has 0 unspecified atom stereocenters. The van der Waals surface area contributed by atoms with Gasteiger partial charge in [0, 0.05) is 24.7 Å². The Balaban J connectivity index is 2.09. The van der Waals surface area contributed by atoms with Crippen LogP contribution in [0.4, 0.5) is 18.9 Å². The predicted molar refractivity (Wildman–Crippen MR) is 120 cm³/mol. The maximum Gasteiger partial charge on any atom is 0.416 e. The van der Waals surface area contributed by atoms with Crippen LogP contribution in [0.3, 0.4) is 0 Å². The summed E-state index contributed by atoms with van der Waals surface area (Å²) < 4.78 is 47.1. The molecule has 2 aromatic rings. The Hall–Kier alpha value is -2.54. The lowest BCUT2D eigenvalue weighted by Gasteiger charge is -2.29. The number of likely N-dealkylation sites (N-methyl/N-ethyl adjacent to an activating group) is 1. The van der Waals surface area contributed by atoms with Gasteiger partial charge >= 0.3 is 6.18 Å². The fourth-order valence-corrected chi connectivity index (χ4v) is 4.51. The Morgan fingerprint density at radius 2 is 1.75 bits per heavy atom. The van der Waals surface area contributed by atoms with Gasteiger partial charge in [-0.2, -0.15) is 13.2 Å². The van der Waals surface area contributed by atoms with Crippen molar-refractivity contribution in [2.75, 3.05) is 38.2 Å². The topological polar surface area (TPSA) is 32.8 Å². The van der Waals surface area contributed by atoms with Crippen molar-refractivity contribution < 1.29 is 22.7 Å². The Morgan fingerprint density at radius 3 is 2.31 bits per heavy atom. The average molecular weight is 449 g/mol. The summed E-state index contributed by atoms with van der Waals surface area (Å²) >= 11 is 0. The summed E-state index contributed by atoms with van der Waals surface area (Å²) in [6, 6.07) is 11.4. The summed E-state index contributed by atoms with van der Waals surface area (Å²) in [4.78, 5) is 17.3. The maximum absolute atomic E-state index is 14.0. The number of ether oxygens (including phenoxy) is 1. The molecular weight excluding hydrogens is 417 g/mol. The number of hydrogen-bond acceptors (Lipinski definition) is 3. The molecule has 0 N–H and O–H groups in total. The number of alkyl halides is 3. The fraction of sp³-hybridized carbons (Fsp3) is 0.480. The highest BCUT2D eigenvalue weighted by atomic mass is 19.4. The van der Waals surface area contributed by atoms with Gasteiger partial charge in [-0.15, -0.1) is 0 Å². The minimum Gasteiger partial charge on any atom is -0.497 e. The first-order valence-corrected chi connectivity index (χ1v) is 11.1. The van der Waals surface area contributed by atoms with Gasteiger partial charge in [0.15, 0.2) is 0 Å². The van der Waals surface area contributed by atoms with Crippen LogP contribution in [0.5, 0.6) is 5.75 Å². The van der Waals surface area contributed by atoms with Gasteiger partial charge in [0.2, 0.25) is 5.91 Å². The normalized spacial score (nSPS) is 19.1. The second kappa shape index (κ2) is 9.94. The smallest absolute Gasteiger partial charge is 0.416 e. The average Bonchev–Trinajstić information content (AvgIpc) is 2.89. The van der Waals surface area contributed by atoms with Crippen LogP contribution in [-0.2, 0) is 17.4 Å². The number of anilines is 1. The number of fused-ring (bicyclic) bond motifs is 1. The number of rotatable bonds is 7. The number of amides is 1. The van der Waals surface area contributed by atoms with Gasteiger partial charge in [0.25, 0.3) is 0 Å². The molecule has 0 spiro atoms. The zero-order valence-corrected chi connectivity index (χ0v) is 19.1. The van der Waals surface area contributed by atoms with Crippen molar-refractivity contribution in [2.45, 2.75) is 39.3 Å². The molecule has 0 aromatic heterocycles. The lowest BCUT2D eigenvalue weighted by Crippen LogP contribution is -2.41. The maximum atomic E-state index is 14.0. The number of carbonyl (C=O) groups is 1. The molecule has 0 fully saturated rings. The second-order valence-electron chi connectivity index (χ2n) is 8.19. The van der Waals surface area contributed by atoms with Gasteiger partial charge in [-0.3, -0.25) is 4.79 Å². The van der Waals surface area contributed by atoms with E-state index in [1.807, 2.05) is 32.9 Å². The SMILES string of the molecule is CCN(CC)CCN1C(=O)[C@H](C)[C@H](c2ccc(OC)cc2)Cc2c1cccc2C(F)(F)F. The number of halogens is 3. The molecule has 1 aliphatic heterocycles. The molecule has 7 heteroatoms. The standard InChI is InChI=1S/C25H31F3N2O2/c1-5-29(6-2)14-15-30-23-9-7-8-22(25(26,27)28)21(23)16-20(17(3)24(30)31)18-10-12-19(32-4)13-11-18/h7-13,17,20H,5-6,14-16H2,1-4H3/t17-,20-/m1/s1. The van der Waals surface area contributed by atoms with Gasteiger partial charge in [0.1, 0.15) is 5.75 Å². The van der Waals surface area contributed by atoms with E-state index in [1.54, 1.807) is 30.2 Å². The molecule has 1 amide bonds. The van der Waals surface area contributed by atoms with Crippen LogP contribution in [0.2, 0.25) is 0 Å². The fourth-order valence-electron chi connectivity index (χ4n) is 4.51. The van der Waals surface area contributed by atoms with Crippen molar-refractivity contribution in [1.29, 1.82) is 0 Å². The van der Waals surface area contributed by atoms with Crippen LogP contribution in [0.1, 0.15) is 43.4 Å². The summed E-state index contributed by atoms with van der Waals surface area (Å²) in [5, 5.41) is 0. The van der Waals surface area contributed by atoms with E-state index < -0.39 is 17.7 Å². The first kappa shape index (κ1) is 24.1. The predicted octanol–water partition coefficient (Wildman–Crippen LogP) is 5.36. The number of nitrogens with zero attached hydrogens (tertiary/aromatic N) is 2. The lowest BCUT2D eigenvalue weighted by molar-refractivity contribution is -0.138.